The Morgan fingerprint density at radius 3 is 2.28 bits per heavy atom. The van der Waals surface area contributed by atoms with Crippen molar-refractivity contribution in [2.24, 2.45) is 5.73 Å². The summed E-state index contributed by atoms with van der Waals surface area (Å²) in [5.74, 6) is -0.435. The molecular formula is C15H15F2N. The molecule has 0 bridgehead atoms. The van der Waals surface area contributed by atoms with E-state index in [0.29, 0.717) is 13.0 Å². The number of hydrogen-bond donors (Lipinski definition) is 1. The third-order valence-electron chi connectivity index (χ3n) is 3.00. The number of halogens is 2. The number of benzene rings is 2. The van der Waals surface area contributed by atoms with E-state index in [2.05, 4.69) is 0 Å². The summed E-state index contributed by atoms with van der Waals surface area (Å²) in [6.07, 6.45) is 0.653. The fourth-order valence-corrected chi connectivity index (χ4v) is 2.02. The summed E-state index contributed by atoms with van der Waals surface area (Å²) in [4.78, 5) is 0. The fraction of sp³-hybridized carbons (Fsp3) is 0.200. The molecule has 2 aromatic rings. The van der Waals surface area contributed by atoms with Crippen LogP contribution in [0.4, 0.5) is 8.78 Å². The zero-order valence-electron chi connectivity index (χ0n) is 9.94. The molecule has 1 unspecified atom stereocenters. The van der Waals surface area contributed by atoms with Crippen molar-refractivity contribution >= 4 is 0 Å². The van der Waals surface area contributed by atoms with Crippen LogP contribution in [-0.4, -0.2) is 6.54 Å². The van der Waals surface area contributed by atoms with Gasteiger partial charge in [-0.2, -0.15) is 0 Å². The molecule has 1 atom stereocenters. The first kappa shape index (κ1) is 12.7. The van der Waals surface area contributed by atoms with Gasteiger partial charge in [0.25, 0.3) is 0 Å². The second kappa shape index (κ2) is 5.74. The molecule has 0 aliphatic heterocycles. The smallest absolute Gasteiger partial charge is 0.123 e. The van der Waals surface area contributed by atoms with Gasteiger partial charge in [0.15, 0.2) is 0 Å². The predicted octanol–water partition coefficient (Wildman–Crippen LogP) is 3.25. The summed E-state index contributed by atoms with van der Waals surface area (Å²) in [5.41, 5.74) is 7.61. The van der Waals surface area contributed by atoms with E-state index < -0.39 is 0 Å². The summed E-state index contributed by atoms with van der Waals surface area (Å²) < 4.78 is 25.9. The van der Waals surface area contributed by atoms with E-state index in [1.165, 1.54) is 24.3 Å². The molecule has 0 amide bonds. The quantitative estimate of drug-likeness (QED) is 0.881. The van der Waals surface area contributed by atoms with E-state index in [-0.39, 0.29) is 17.6 Å². The first-order valence-corrected chi connectivity index (χ1v) is 5.89. The lowest BCUT2D eigenvalue weighted by Gasteiger charge is -2.15. The highest BCUT2D eigenvalue weighted by Gasteiger charge is 2.11. The van der Waals surface area contributed by atoms with Gasteiger partial charge in [0.2, 0.25) is 0 Å². The van der Waals surface area contributed by atoms with E-state index >= 15 is 0 Å². The molecule has 1 nitrogen and oxygen atoms in total. The number of hydrogen-bond acceptors (Lipinski definition) is 1. The van der Waals surface area contributed by atoms with Crippen LogP contribution in [-0.2, 0) is 6.42 Å². The van der Waals surface area contributed by atoms with E-state index in [4.69, 9.17) is 5.73 Å². The second-order valence-corrected chi connectivity index (χ2v) is 4.32. The maximum Gasteiger partial charge on any atom is 0.123 e. The minimum absolute atomic E-state index is 0.0763. The van der Waals surface area contributed by atoms with E-state index in [1.807, 2.05) is 6.07 Å². The van der Waals surface area contributed by atoms with Crippen molar-refractivity contribution in [2.75, 3.05) is 6.54 Å². The fourth-order valence-electron chi connectivity index (χ4n) is 2.02. The van der Waals surface area contributed by atoms with Crippen LogP contribution >= 0.6 is 0 Å². The molecule has 0 heterocycles. The van der Waals surface area contributed by atoms with Crippen LogP contribution in [0.25, 0.3) is 0 Å². The molecule has 2 N–H and O–H groups in total. The Kier molecular flexibility index (Phi) is 4.05. The summed E-state index contributed by atoms with van der Waals surface area (Å²) in [7, 11) is 0. The normalized spacial score (nSPS) is 12.4. The third-order valence-corrected chi connectivity index (χ3v) is 3.00. The Morgan fingerprint density at radius 2 is 1.67 bits per heavy atom. The number of rotatable bonds is 4. The zero-order valence-corrected chi connectivity index (χ0v) is 9.94. The summed E-state index contributed by atoms with van der Waals surface area (Å²) in [5, 5.41) is 0. The van der Waals surface area contributed by atoms with Gasteiger partial charge in [0, 0.05) is 5.92 Å². The summed E-state index contributed by atoms with van der Waals surface area (Å²) >= 11 is 0. The van der Waals surface area contributed by atoms with Gasteiger partial charge in [-0.15, -0.1) is 0 Å². The first-order chi connectivity index (χ1) is 8.69. The molecule has 0 aliphatic carbocycles. The molecule has 0 fully saturated rings. The summed E-state index contributed by atoms with van der Waals surface area (Å²) in [6, 6.07) is 12.8. The monoisotopic (exact) mass is 247 g/mol. The van der Waals surface area contributed by atoms with Crippen molar-refractivity contribution in [3.63, 3.8) is 0 Å². The van der Waals surface area contributed by atoms with E-state index in [9.17, 15) is 8.78 Å². The van der Waals surface area contributed by atoms with Crippen LogP contribution in [0.2, 0.25) is 0 Å². The van der Waals surface area contributed by atoms with Crippen molar-refractivity contribution in [2.45, 2.75) is 12.3 Å². The molecule has 0 aliphatic rings. The highest BCUT2D eigenvalue weighted by molar-refractivity contribution is 5.25. The molecule has 18 heavy (non-hydrogen) atoms. The van der Waals surface area contributed by atoms with Crippen LogP contribution in [0, 0.1) is 11.6 Å². The first-order valence-electron chi connectivity index (χ1n) is 5.89. The minimum Gasteiger partial charge on any atom is -0.330 e. The molecule has 0 aromatic heterocycles. The van der Waals surface area contributed by atoms with Gasteiger partial charge < -0.3 is 5.73 Å². The van der Waals surface area contributed by atoms with Crippen molar-refractivity contribution in [3.8, 4) is 0 Å². The van der Waals surface area contributed by atoms with Crippen LogP contribution in [0.5, 0.6) is 0 Å². The molecule has 94 valence electrons. The Hall–Kier alpha value is -1.74. The van der Waals surface area contributed by atoms with Crippen LogP contribution in [0.1, 0.15) is 17.0 Å². The van der Waals surface area contributed by atoms with Crippen LogP contribution in [0.15, 0.2) is 48.5 Å². The van der Waals surface area contributed by atoms with E-state index in [0.717, 1.165) is 11.1 Å². The molecule has 0 saturated heterocycles. The Labute approximate surface area is 105 Å². The van der Waals surface area contributed by atoms with Crippen molar-refractivity contribution < 1.29 is 8.78 Å². The van der Waals surface area contributed by atoms with Gasteiger partial charge in [-0.1, -0.05) is 24.3 Å². The molecule has 2 rings (SSSR count). The van der Waals surface area contributed by atoms with Crippen LogP contribution in [0.3, 0.4) is 0 Å². The average Bonchev–Trinajstić information content (AvgIpc) is 2.37. The van der Waals surface area contributed by atoms with Gasteiger partial charge in [0.1, 0.15) is 11.6 Å². The Morgan fingerprint density at radius 1 is 0.944 bits per heavy atom. The SMILES string of the molecule is NCC(Cc1cccc(F)c1)c1ccc(F)cc1. The van der Waals surface area contributed by atoms with E-state index in [1.54, 1.807) is 18.2 Å². The van der Waals surface area contributed by atoms with Gasteiger partial charge >= 0.3 is 0 Å². The lowest BCUT2D eigenvalue weighted by Crippen LogP contribution is -2.15. The molecule has 2 aromatic carbocycles. The Bertz CT molecular complexity index is 508. The van der Waals surface area contributed by atoms with Crippen LogP contribution < -0.4 is 5.73 Å². The van der Waals surface area contributed by atoms with Crippen molar-refractivity contribution in [1.29, 1.82) is 0 Å². The highest BCUT2D eigenvalue weighted by Crippen LogP contribution is 2.20. The lowest BCUT2D eigenvalue weighted by atomic mass is 9.92. The van der Waals surface area contributed by atoms with Crippen molar-refractivity contribution in [1.82, 2.24) is 0 Å². The Balaban J connectivity index is 2.17. The summed E-state index contributed by atoms with van der Waals surface area (Å²) in [6.45, 7) is 0.447. The minimum atomic E-state index is -0.264. The number of nitrogens with two attached hydrogens (primary N) is 1. The molecule has 0 spiro atoms. The molecule has 3 heteroatoms. The molecular weight excluding hydrogens is 232 g/mol. The standard InChI is InChI=1S/C15H15F2N/c16-14-6-4-12(5-7-14)13(10-18)8-11-2-1-3-15(17)9-11/h1-7,9,13H,8,10,18H2. The highest BCUT2D eigenvalue weighted by atomic mass is 19.1. The largest absolute Gasteiger partial charge is 0.330 e. The third kappa shape index (κ3) is 3.14. The maximum atomic E-state index is 13.1. The topological polar surface area (TPSA) is 26.0 Å². The van der Waals surface area contributed by atoms with Gasteiger partial charge in [0.05, 0.1) is 0 Å². The van der Waals surface area contributed by atoms with Gasteiger partial charge in [-0.3, -0.25) is 0 Å². The van der Waals surface area contributed by atoms with Gasteiger partial charge in [-0.05, 0) is 48.4 Å². The maximum absolute atomic E-state index is 13.1. The zero-order chi connectivity index (χ0) is 13.0. The van der Waals surface area contributed by atoms with Gasteiger partial charge in [-0.25, -0.2) is 8.78 Å². The molecule has 0 radical (unpaired) electrons. The second-order valence-electron chi connectivity index (χ2n) is 4.32. The average molecular weight is 247 g/mol. The molecule has 0 saturated carbocycles. The lowest BCUT2D eigenvalue weighted by molar-refractivity contribution is 0.618. The predicted molar refractivity (Wildman–Crippen MR) is 68.3 cm³/mol. The van der Waals surface area contributed by atoms with Crippen molar-refractivity contribution in [3.05, 3.63) is 71.3 Å².